The van der Waals surface area contributed by atoms with Gasteiger partial charge in [-0.25, -0.2) is 24.1 Å². The molecule has 164 valence electrons. The minimum atomic E-state index is -0.479. The maximum Gasteiger partial charge on any atom is 0.420 e. The van der Waals surface area contributed by atoms with Crippen molar-refractivity contribution >= 4 is 17.9 Å². The van der Waals surface area contributed by atoms with Gasteiger partial charge in [0, 0.05) is 24.5 Å². The molecule has 1 aliphatic rings. The van der Waals surface area contributed by atoms with Gasteiger partial charge in [0.05, 0.1) is 11.7 Å². The highest BCUT2D eigenvalue weighted by molar-refractivity contribution is 5.93. The number of carbonyl (C=O) groups excluding carboxylic acids is 1. The predicted octanol–water partition coefficient (Wildman–Crippen LogP) is 4.62. The Morgan fingerprint density at radius 2 is 1.88 bits per heavy atom. The molecule has 3 heterocycles. The van der Waals surface area contributed by atoms with E-state index in [1.165, 1.54) is 29.2 Å². The Morgan fingerprint density at radius 3 is 2.62 bits per heavy atom. The van der Waals surface area contributed by atoms with Gasteiger partial charge in [0.1, 0.15) is 24.0 Å². The van der Waals surface area contributed by atoms with Crippen LogP contribution in [-0.4, -0.2) is 32.6 Å². The first-order valence-electron chi connectivity index (χ1n) is 9.90. The summed E-state index contributed by atoms with van der Waals surface area (Å²) in [4.78, 5) is 31.0. The van der Waals surface area contributed by atoms with Gasteiger partial charge in [-0.3, -0.25) is 0 Å². The predicted molar refractivity (Wildman–Crippen MR) is 115 cm³/mol. The zero-order valence-electron chi connectivity index (χ0n) is 17.7. The van der Waals surface area contributed by atoms with Crippen LogP contribution in [0.1, 0.15) is 32.6 Å². The van der Waals surface area contributed by atoms with Crippen molar-refractivity contribution < 1.29 is 18.7 Å². The van der Waals surface area contributed by atoms with E-state index in [0.717, 1.165) is 11.3 Å². The van der Waals surface area contributed by atoms with E-state index in [9.17, 15) is 9.18 Å². The van der Waals surface area contributed by atoms with Crippen molar-refractivity contribution in [1.29, 1.82) is 0 Å². The number of ether oxygens (including phenoxy) is 2. The van der Waals surface area contributed by atoms with Gasteiger partial charge in [0.2, 0.25) is 11.8 Å². The van der Waals surface area contributed by atoms with Gasteiger partial charge in [0.15, 0.2) is 5.82 Å². The fourth-order valence-corrected chi connectivity index (χ4v) is 3.02. The van der Waals surface area contributed by atoms with Crippen LogP contribution in [0.25, 0.3) is 0 Å². The largest absolute Gasteiger partial charge is 0.442 e. The Kier molecular flexibility index (Phi) is 5.93. The van der Waals surface area contributed by atoms with E-state index in [-0.39, 0.29) is 18.5 Å². The van der Waals surface area contributed by atoms with Gasteiger partial charge in [0.25, 0.3) is 0 Å². The van der Waals surface area contributed by atoms with Crippen LogP contribution in [0, 0.1) is 5.82 Å². The van der Waals surface area contributed by atoms with Crippen LogP contribution in [-0.2, 0) is 4.74 Å². The molecule has 0 spiro atoms. The van der Waals surface area contributed by atoms with Crippen molar-refractivity contribution in [2.24, 2.45) is 0 Å². The van der Waals surface area contributed by atoms with Gasteiger partial charge >= 0.3 is 6.09 Å². The number of anilines is 2. The summed E-state index contributed by atoms with van der Waals surface area (Å²) in [6.07, 6.45) is 2.64. The van der Waals surface area contributed by atoms with Crippen LogP contribution in [0.3, 0.4) is 0 Å². The number of halogens is 1. The highest BCUT2D eigenvalue weighted by atomic mass is 19.1. The van der Waals surface area contributed by atoms with Crippen molar-refractivity contribution in [3.63, 3.8) is 0 Å². The monoisotopic (exact) mass is 436 g/mol. The number of allylic oxidation sites excluding steroid dienone is 1. The van der Waals surface area contributed by atoms with Crippen LogP contribution in [0.2, 0.25) is 0 Å². The minimum absolute atomic E-state index is 0.207. The number of nitrogens with zero attached hydrogens (tertiary/aromatic N) is 5. The summed E-state index contributed by atoms with van der Waals surface area (Å²) in [5.74, 6) is 1.58. The van der Waals surface area contributed by atoms with E-state index in [1.54, 1.807) is 24.5 Å². The molecule has 10 heteroatoms. The first-order chi connectivity index (χ1) is 15.4. The maximum atomic E-state index is 13.1. The van der Waals surface area contributed by atoms with Crippen LogP contribution < -0.4 is 15.0 Å². The summed E-state index contributed by atoms with van der Waals surface area (Å²) >= 11 is 0. The number of benzene rings is 1. The Morgan fingerprint density at radius 1 is 1.12 bits per heavy atom. The summed E-state index contributed by atoms with van der Waals surface area (Å²) in [6, 6.07) is 8.53. The highest BCUT2D eigenvalue weighted by Gasteiger charge is 2.31. The van der Waals surface area contributed by atoms with Gasteiger partial charge in [-0.05, 0) is 45.0 Å². The number of hydrogen-bond donors (Lipinski definition) is 1. The second-order valence-electron chi connectivity index (χ2n) is 7.25. The molecule has 1 unspecified atom stereocenters. The number of carbonyl (C=O) groups is 1. The number of cyclic esters (lactones) is 1. The first kappa shape index (κ1) is 21.2. The summed E-state index contributed by atoms with van der Waals surface area (Å²) in [5, 5.41) is 3.13. The lowest BCUT2D eigenvalue weighted by Crippen LogP contribution is -2.24. The Labute approximate surface area is 184 Å². The lowest BCUT2D eigenvalue weighted by Gasteiger charge is -2.17. The molecule has 3 aromatic rings. The molecule has 0 radical (unpaired) electrons. The van der Waals surface area contributed by atoms with E-state index < -0.39 is 6.09 Å². The van der Waals surface area contributed by atoms with E-state index in [1.807, 2.05) is 20.8 Å². The number of hydrogen-bond acceptors (Lipinski definition) is 8. The number of rotatable bonds is 6. The average molecular weight is 436 g/mol. The fraction of sp³-hybridized carbons (Fsp3) is 0.227. The second-order valence-corrected chi connectivity index (χ2v) is 7.25. The summed E-state index contributed by atoms with van der Waals surface area (Å²) in [6.45, 7) is 5.87. The molecule has 1 fully saturated rings. The van der Waals surface area contributed by atoms with E-state index in [4.69, 9.17) is 9.47 Å². The van der Waals surface area contributed by atoms with Crippen molar-refractivity contribution in [1.82, 2.24) is 19.9 Å². The molecule has 1 aromatic carbocycles. The zero-order valence-corrected chi connectivity index (χ0v) is 17.7. The average Bonchev–Trinajstić information content (AvgIpc) is 3.17. The third-order valence-corrected chi connectivity index (χ3v) is 4.65. The number of amides is 1. The van der Waals surface area contributed by atoms with E-state index >= 15 is 0 Å². The third-order valence-electron chi connectivity index (χ3n) is 4.65. The third kappa shape index (κ3) is 4.64. The van der Waals surface area contributed by atoms with E-state index in [2.05, 4.69) is 25.3 Å². The lowest BCUT2D eigenvalue weighted by molar-refractivity contribution is 0.182. The Balaban J connectivity index is 1.50. The lowest BCUT2D eigenvalue weighted by atomic mass is 10.2. The molecule has 1 aliphatic heterocycles. The molecule has 4 rings (SSSR count). The summed E-state index contributed by atoms with van der Waals surface area (Å²) < 4.78 is 23.9. The molecule has 0 bridgehead atoms. The molecule has 0 aliphatic carbocycles. The molecule has 1 saturated heterocycles. The Bertz CT molecular complexity index is 1160. The fourth-order valence-electron chi connectivity index (χ4n) is 3.02. The standard InChI is InChI=1S/C22H21FN6O3/c1-13(2)17-12-31-22(30)29(17)18-8-10-25-21(27-18)26-14(3)20-24-11-9-19(28-20)32-16-6-4-15(23)5-7-16/h4-11,14H,12H2,1-3H3,(H,25,26,27). The SMILES string of the molecule is CC(C)=C1COC(=O)N1c1ccnc(NC(C)c2nccc(Oc3ccc(F)cc3)n2)n1. The van der Waals surface area contributed by atoms with Crippen LogP contribution in [0.4, 0.5) is 21.0 Å². The smallest absolute Gasteiger partial charge is 0.420 e. The minimum Gasteiger partial charge on any atom is -0.442 e. The van der Waals surface area contributed by atoms with Crippen LogP contribution in [0.5, 0.6) is 11.6 Å². The molecule has 2 aromatic heterocycles. The maximum absolute atomic E-state index is 13.1. The number of nitrogens with one attached hydrogen (secondary N) is 1. The van der Waals surface area contributed by atoms with Gasteiger partial charge in [-0.15, -0.1) is 0 Å². The second kappa shape index (κ2) is 8.96. The van der Waals surface area contributed by atoms with Gasteiger partial charge in [-0.2, -0.15) is 9.97 Å². The summed E-state index contributed by atoms with van der Waals surface area (Å²) in [5.41, 5.74) is 1.71. The Hall–Kier alpha value is -4.08. The molecule has 9 nitrogen and oxygen atoms in total. The van der Waals surface area contributed by atoms with Crippen LogP contribution in [0.15, 0.2) is 60.1 Å². The van der Waals surface area contributed by atoms with E-state index in [0.29, 0.717) is 29.2 Å². The molecule has 1 atom stereocenters. The quantitative estimate of drug-likeness (QED) is 0.597. The van der Waals surface area contributed by atoms with Crippen LogP contribution >= 0.6 is 0 Å². The first-order valence-corrected chi connectivity index (χ1v) is 9.90. The number of aromatic nitrogens is 4. The van der Waals surface area contributed by atoms with Crippen molar-refractivity contribution in [3.05, 3.63) is 71.7 Å². The molecule has 0 saturated carbocycles. The van der Waals surface area contributed by atoms with Crippen molar-refractivity contribution in [2.75, 3.05) is 16.8 Å². The molecular weight excluding hydrogens is 415 g/mol. The topological polar surface area (TPSA) is 102 Å². The molecular formula is C22H21FN6O3. The van der Waals surface area contributed by atoms with Gasteiger partial charge < -0.3 is 14.8 Å². The van der Waals surface area contributed by atoms with Crippen molar-refractivity contribution in [3.8, 4) is 11.6 Å². The highest BCUT2D eigenvalue weighted by Crippen LogP contribution is 2.27. The summed E-state index contributed by atoms with van der Waals surface area (Å²) in [7, 11) is 0. The normalized spacial score (nSPS) is 14.2. The molecule has 1 N–H and O–H groups in total. The zero-order chi connectivity index (χ0) is 22.7. The molecule has 32 heavy (non-hydrogen) atoms. The van der Waals surface area contributed by atoms with Crippen molar-refractivity contribution in [2.45, 2.75) is 26.8 Å². The van der Waals surface area contributed by atoms with Gasteiger partial charge in [-0.1, -0.05) is 5.57 Å². The molecule has 1 amide bonds.